The zero-order valence-electron chi connectivity index (χ0n) is 9.50. The van der Waals surface area contributed by atoms with Crippen LogP contribution in [0.4, 0.5) is 0 Å². The van der Waals surface area contributed by atoms with Gasteiger partial charge in [-0.2, -0.15) is 0 Å². The number of benzene rings is 2. The molecule has 0 aliphatic carbocycles. The van der Waals surface area contributed by atoms with Gasteiger partial charge in [-0.3, -0.25) is 0 Å². The van der Waals surface area contributed by atoms with E-state index in [2.05, 4.69) is 31.9 Å². The first-order chi connectivity index (χ1) is 8.74. The molecule has 0 atom stereocenters. The Kier molecular flexibility index (Phi) is 5.10. The summed E-state index contributed by atoms with van der Waals surface area (Å²) in [6.45, 7) is 0. The quantitative estimate of drug-likeness (QED) is 0.589. The van der Waals surface area contributed by atoms with Gasteiger partial charge in [0, 0.05) is 26.8 Å². The molecule has 2 aromatic rings. The number of rotatable bonds is 4. The molecule has 0 aliphatic rings. The summed E-state index contributed by atoms with van der Waals surface area (Å²) in [6.07, 6.45) is 0. The van der Waals surface area contributed by atoms with Crippen molar-refractivity contribution in [3.63, 3.8) is 0 Å². The standard InChI is InChI=1S/C14H11Br2ClO/c15-8-10-3-1-2-4-13(10)18-14-7-12(17)6-5-11(14)9-16/h1-7H,8-9H2. The Bertz CT molecular complexity index is 543. The largest absolute Gasteiger partial charge is 0.457 e. The predicted molar refractivity (Wildman–Crippen MR) is 83.2 cm³/mol. The molecule has 0 saturated carbocycles. The lowest BCUT2D eigenvalue weighted by Crippen LogP contribution is -1.92. The molecule has 0 aromatic heterocycles. The third-order valence-corrected chi connectivity index (χ3v) is 3.95. The molecule has 0 bridgehead atoms. The number of hydrogen-bond donors (Lipinski definition) is 0. The molecule has 0 fully saturated rings. The fourth-order valence-corrected chi connectivity index (χ4v) is 2.65. The van der Waals surface area contributed by atoms with Gasteiger partial charge in [-0.1, -0.05) is 67.7 Å². The smallest absolute Gasteiger partial charge is 0.132 e. The number of para-hydroxylation sites is 1. The first-order valence-electron chi connectivity index (χ1n) is 5.40. The van der Waals surface area contributed by atoms with Crippen LogP contribution >= 0.6 is 43.5 Å². The van der Waals surface area contributed by atoms with Crippen LogP contribution in [-0.2, 0) is 10.7 Å². The van der Waals surface area contributed by atoms with Gasteiger partial charge in [-0.05, 0) is 18.2 Å². The predicted octanol–water partition coefficient (Wildman–Crippen LogP) is 5.92. The van der Waals surface area contributed by atoms with Gasteiger partial charge in [0.2, 0.25) is 0 Å². The third kappa shape index (κ3) is 3.28. The molecule has 0 N–H and O–H groups in total. The van der Waals surface area contributed by atoms with Crippen LogP contribution in [0.1, 0.15) is 11.1 Å². The van der Waals surface area contributed by atoms with Gasteiger partial charge in [0.25, 0.3) is 0 Å². The Balaban J connectivity index is 2.36. The van der Waals surface area contributed by atoms with Crippen molar-refractivity contribution in [2.75, 3.05) is 0 Å². The van der Waals surface area contributed by atoms with Gasteiger partial charge < -0.3 is 4.74 Å². The topological polar surface area (TPSA) is 9.23 Å². The van der Waals surface area contributed by atoms with Crippen molar-refractivity contribution in [2.45, 2.75) is 10.7 Å². The molecular formula is C14H11Br2ClO. The lowest BCUT2D eigenvalue weighted by molar-refractivity contribution is 0.474. The van der Waals surface area contributed by atoms with Crippen LogP contribution in [0, 0.1) is 0 Å². The Labute approximate surface area is 128 Å². The molecule has 0 amide bonds. The van der Waals surface area contributed by atoms with Crippen LogP contribution in [0.15, 0.2) is 42.5 Å². The summed E-state index contributed by atoms with van der Waals surface area (Å²) >= 11 is 12.9. The van der Waals surface area contributed by atoms with Crippen LogP contribution in [0.3, 0.4) is 0 Å². The third-order valence-electron chi connectivity index (χ3n) is 2.51. The van der Waals surface area contributed by atoms with Crippen molar-refractivity contribution in [1.29, 1.82) is 0 Å². The number of alkyl halides is 2. The molecule has 2 rings (SSSR count). The first kappa shape index (κ1) is 13.9. The highest BCUT2D eigenvalue weighted by molar-refractivity contribution is 9.08. The van der Waals surface area contributed by atoms with Crippen molar-refractivity contribution >= 4 is 43.5 Å². The summed E-state index contributed by atoms with van der Waals surface area (Å²) in [5.41, 5.74) is 2.18. The second-order valence-electron chi connectivity index (χ2n) is 3.73. The monoisotopic (exact) mass is 388 g/mol. The van der Waals surface area contributed by atoms with E-state index < -0.39 is 0 Å². The fraction of sp³-hybridized carbons (Fsp3) is 0.143. The zero-order valence-corrected chi connectivity index (χ0v) is 13.4. The van der Waals surface area contributed by atoms with Gasteiger partial charge in [0.15, 0.2) is 0 Å². The number of ether oxygens (including phenoxy) is 1. The summed E-state index contributed by atoms with van der Waals surface area (Å²) < 4.78 is 5.96. The van der Waals surface area contributed by atoms with Crippen LogP contribution < -0.4 is 4.74 Å². The number of hydrogen-bond acceptors (Lipinski definition) is 1. The highest BCUT2D eigenvalue weighted by atomic mass is 79.9. The van der Waals surface area contributed by atoms with Crippen LogP contribution in [0.2, 0.25) is 5.02 Å². The van der Waals surface area contributed by atoms with Crippen molar-refractivity contribution in [1.82, 2.24) is 0 Å². The van der Waals surface area contributed by atoms with E-state index in [-0.39, 0.29) is 0 Å². The maximum Gasteiger partial charge on any atom is 0.132 e. The molecule has 18 heavy (non-hydrogen) atoms. The fourth-order valence-electron chi connectivity index (χ4n) is 1.57. The van der Waals surface area contributed by atoms with Crippen LogP contribution in [0.25, 0.3) is 0 Å². The average molecular weight is 391 g/mol. The van der Waals surface area contributed by atoms with E-state index in [4.69, 9.17) is 16.3 Å². The Hall–Kier alpha value is -0.510. The van der Waals surface area contributed by atoms with E-state index >= 15 is 0 Å². The van der Waals surface area contributed by atoms with Gasteiger partial charge in [-0.25, -0.2) is 0 Å². The minimum absolute atomic E-state index is 0.672. The van der Waals surface area contributed by atoms with Gasteiger partial charge in [0.05, 0.1) is 0 Å². The van der Waals surface area contributed by atoms with Crippen LogP contribution in [-0.4, -0.2) is 0 Å². The van der Waals surface area contributed by atoms with Crippen molar-refractivity contribution in [3.05, 3.63) is 58.6 Å². The van der Waals surface area contributed by atoms with Gasteiger partial charge in [0.1, 0.15) is 11.5 Å². The molecule has 0 radical (unpaired) electrons. The molecule has 1 nitrogen and oxygen atoms in total. The molecular weight excluding hydrogens is 379 g/mol. The summed E-state index contributed by atoms with van der Waals surface area (Å²) in [7, 11) is 0. The van der Waals surface area contributed by atoms with E-state index in [1.54, 1.807) is 0 Å². The Morgan fingerprint density at radius 2 is 1.56 bits per heavy atom. The van der Waals surface area contributed by atoms with Crippen molar-refractivity contribution in [3.8, 4) is 11.5 Å². The van der Waals surface area contributed by atoms with Crippen molar-refractivity contribution in [2.24, 2.45) is 0 Å². The maximum absolute atomic E-state index is 6.01. The Morgan fingerprint density at radius 3 is 2.28 bits per heavy atom. The number of halogens is 3. The maximum atomic E-state index is 6.01. The molecule has 94 valence electrons. The van der Waals surface area contributed by atoms with Crippen molar-refractivity contribution < 1.29 is 4.74 Å². The highest BCUT2D eigenvalue weighted by Crippen LogP contribution is 2.32. The second kappa shape index (κ2) is 6.60. The normalized spacial score (nSPS) is 10.4. The SMILES string of the molecule is Clc1ccc(CBr)c(Oc2ccccc2CBr)c1. The summed E-state index contributed by atoms with van der Waals surface area (Å²) in [5, 5.41) is 2.16. The summed E-state index contributed by atoms with van der Waals surface area (Å²) in [5.74, 6) is 1.63. The molecule has 0 spiro atoms. The zero-order chi connectivity index (χ0) is 13.0. The minimum Gasteiger partial charge on any atom is -0.457 e. The molecule has 4 heteroatoms. The van der Waals surface area contributed by atoms with E-state index in [0.29, 0.717) is 5.02 Å². The molecule has 2 aromatic carbocycles. The van der Waals surface area contributed by atoms with Crippen LogP contribution in [0.5, 0.6) is 11.5 Å². The lowest BCUT2D eigenvalue weighted by Gasteiger charge is -2.12. The van der Waals surface area contributed by atoms with Gasteiger partial charge >= 0.3 is 0 Å². The van der Waals surface area contributed by atoms with Gasteiger partial charge in [-0.15, -0.1) is 0 Å². The lowest BCUT2D eigenvalue weighted by atomic mass is 10.2. The Morgan fingerprint density at radius 1 is 0.889 bits per heavy atom. The van der Waals surface area contributed by atoms with E-state index in [0.717, 1.165) is 33.3 Å². The molecule has 0 aliphatic heterocycles. The summed E-state index contributed by atoms with van der Waals surface area (Å²) in [4.78, 5) is 0. The minimum atomic E-state index is 0.672. The van der Waals surface area contributed by atoms with E-state index in [1.807, 2.05) is 42.5 Å². The second-order valence-corrected chi connectivity index (χ2v) is 5.29. The molecule has 0 unspecified atom stereocenters. The van der Waals surface area contributed by atoms with E-state index in [9.17, 15) is 0 Å². The first-order valence-corrected chi connectivity index (χ1v) is 8.03. The van der Waals surface area contributed by atoms with E-state index in [1.165, 1.54) is 0 Å². The highest BCUT2D eigenvalue weighted by Gasteiger charge is 2.07. The molecule has 0 heterocycles. The average Bonchev–Trinajstić information content (AvgIpc) is 2.40. The molecule has 0 saturated heterocycles. The summed E-state index contributed by atoms with van der Waals surface area (Å²) in [6, 6.07) is 13.6.